The molecule has 0 aliphatic carbocycles. The quantitative estimate of drug-likeness (QED) is 0.577. The summed E-state index contributed by atoms with van der Waals surface area (Å²) >= 11 is 0. The van der Waals surface area contributed by atoms with Crippen LogP contribution < -0.4 is 5.32 Å². The molecule has 0 saturated carbocycles. The summed E-state index contributed by atoms with van der Waals surface area (Å²) in [6.45, 7) is 5.41. The van der Waals surface area contributed by atoms with Gasteiger partial charge in [0.25, 0.3) is 0 Å². The molecule has 3 nitrogen and oxygen atoms in total. The molecule has 1 fully saturated rings. The minimum atomic E-state index is 0. The molecule has 0 aromatic carbocycles. The maximum Gasteiger partial charge on any atom is 0.219 e. The van der Waals surface area contributed by atoms with Crippen molar-refractivity contribution in [2.45, 2.75) is 13.3 Å². The second-order valence-corrected chi connectivity index (χ2v) is 2.61. The third-order valence-electron chi connectivity index (χ3n) is 1.79. The minimum Gasteiger partial charge on any atom is -0.342 e. The number of carbonyl (C=O) groups excluding carboxylic acids is 1. The highest BCUT2D eigenvalue weighted by atomic mass is 35.5. The smallest absolute Gasteiger partial charge is 0.219 e. The predicted molar refractivity (Wildman–Crippen MR) is 47.0 cm³/mol. The third-order valence-corrected chi connectivity index (χ3v) is 1.79. The van der Waals surface area contributed by atoms with Gasteiger partial charge in [-0.2, -0.15) is 0 Å². The van der Waals surface area contributed by atoms with Crippen LogP contribution in [0.4, 0.5) is 0 Å². The number of hydrogen-bond donors (Lipinski definition) is 1. The van der Waals surface area contributed by atoms with E-state index >= 15 is 0 Å². The van der Waals surface area contributed by atoms with Crippen molar-refractivity contribution in [1.82, 2.24) is 10.2 Å². The topological polar surface area (TPSA) is 32.3 Å². The average molecular weight is 179 g/mol. The lowest BCUT2D eigenvalue weighted by Gasteiger charge is -2.16. The highest BCUT2D eigenvalue weighted by Crippen LogP contribution is 1.94. The Bertz CT molecular complexity index is 122. The van der Waals surface area contributed by atoms with E-state index in [4.69, 9.17) is 0 Å². The van der Waals surface area contributed by atoms with E-state index in [9.17, 15) is 4.79 Å². The molecule has 1 aliphatic rings. The molecule has 0 spiro atoms. The zero-order chi connectivity index (χ0) is 7.40. The molecule has 0 aromatic rings. The molecule has 0 unspecified atom stereocenters. The van der Waals surface area contributed by atoms with Crippen LogP contribution in [0.15, 0.2) is 0 Å². The van der Waals surface area contributed by atoms with Gasteiger partial charge < -0.3 is 10.2 Å². The van der Waals surface area contributed by atoms with Crippen molar-refractivity contribution in [3.8, 4) is 0 Å². The van der Waals surface area contributed by atoms with Gasteiger partial charge in [-0.05, 0) is 13.0 Å². The predicted octanol–water partition coefficient (Wildman–Crippen LogP) is 0.250. The van der Waals surface area contributed by atoms with E-state index in [1.54, 1.807) is 6.92 Å². The van der Waals surface area contributed by atoms with Crippen LogP contribution in [0.5, 0.6) is 0 Å². The van der Waals surface area contributed by atoms with Crippen LogP contribution in [0.2, 0.25) is 0 Å². The molecule has 0 atom stereocenters. The molecule has 1 heterocycles. The Morgan fingerprint density at radius 3 is 2.73 bits per heavy atom. The standard InChI is InChI=1S/C7H14N2O.ClH/c1-7(10)9-5-2-3-8-4-6-9;/h8H,2-6H2,1H3;1H. The first kappa shape index (κ1) is 10.7. The summed E-state index contributed by atoms with van der Waals surface area (Å²) in [5.74, 6) is 0.198. The summed E-state index contributed by atoms with van der Waals surface area (Å²) in [5, 5.41) is 3.24. The summed E-state index contributed by atoms with van der Waals surface area (Å²) in [6.07, 6.45) is 1.08. The van der Waals surface area contributed by atoms with E-state index < -0.39 is 0 Å². The molecule has 1 N–H and O–H groups in total. The van der Waals surface area contributed by atoms with Gasteiger partial charge in [0.05, 0.1) is 0 Å². The Morgan fingerprint density at radius 1 is 1.36 bits per heavy atom. The number of hydrogen-bond acceptors (Lipinski definition) is 2. The van der Waals surface area contributed by atoms with Crippen LogP contribution in [-0.4, -0.2) is 37.0 Å². The van der Waals surface area contributed by atoms with Crippen molar-refractivity contribution in [3.05, 3.63) is 0 Å². The first-order chi connectivity index (χ1) is 4.80. The fraction of sp³-hybridized carbons (Fsp3) is 0.857. The Balaban J connectivity index is 0.000001000. The van der Waals surface area contributed by atoms with E-state index in [1.807, 2.05) is 4.90 Å². The number of nitrogens with one attached hydrogen (secondary N) is 1. The van der Waals surface area contributed by atoms with Gasteiger partial charge >= 0.3 is 0 Å². The Kier molecular flexibility index (Phi) is 5.24. The van der Waals surface area contributed by atoms with Crippen LogP contribution in [0.3, 0.4) is 0 Å². The van der Waals surface area contributed by atoms with E-state index in [2.05, 4.69) is 5.32 Å². The van der Waals surface area contributed by atoms with Crippen molar-refractivity contribution in [2.24, 2.45) is 0 Å². The molecular weight excluding hydrogens is 164 g/mol. The molecule has 0 radical (unpaired) electrons. The number of halogens is 1. The number of nitrogens with zero attached hydrogens (tertiary/aromatic N) is 1. The lowest BCUT2D eigenvalue weighted by Crippen LogP contribution is -2.32. The average Bonchev–Trinajstić information content (AvgIpc) is 2.12. The maximum absolute atomic E-state index is 10.8. The second kappa shape index (κ2) is 5.38. The normalized spacial score (nSPS) is 18.5. The molecule has 1 amide bonds. The highest BCUT2D eigenvalue weighted by Gasteiger charge is 2.09. The number of rotatable bonds is 0. The zero-order valence-electron chi connectivity index (χ0n) is 6.80. The number of amides is 1. The van der Waals surface area contributed by atoms with Crippen LogP contribution in [-0.2, 0) is 4.79 Å². The van der Waals surface area contributed by atoms with Gasteiger partial charge in [-0.1, -0.05) is 0 Å². The van der Waals surface area contributed by atoms with Crippen molar-refractivity contribution in [2.75, 3.05) is 26.2 Å². The monoisotopic (exact) mass is 178 g/mol. The lowest BCUT2D eigenvalue weighted by atomic mass is 10.4. The summed E-state index contributed by atoms with van der Waals surface area (Å²) < 4.78 is 0. The minimum absolute atomic E-state index is 0. The largest absolute Gasteiger partial charge is 0.342 e. The van der Waals surface area contributed by atoms with Crippen molar-refractivity contribution in [3.63, 3.8) is 0 Å². The molecule has 11 heavy (non-hydrogen) atoms. The van der Waals surface area contributed by atoms with Gasteiger partial charge in [0.2, 0.25) is 5.91 Å². The van der Waals surface area contributed by atoms with Crippen molar-refractivity contribution < 1.29 is 4.79 Å². The first-order valence-corrected chi connectivity index (χ1v) is 3.77. The van der Waals surface area contributed by atoms with Crippen LogP contribution >= 0.6 is 12.4 Å². The summed E-state index contributed by atoms with van der Waals surface area (Å²) in [5.41, 5.74) is 0. The van der Waals surface area contributed by atoms with Gasteiger partial charge in [-0.3, -0.25) is 4.79 Å². The van der Waals surface area contributed by atoms with Crippen molar-refractivity contribution in [1.29, 1.82) is 0 Å². The summed E-state index contributed by atoms with van der Waals surface area (Å²) in [4.78, 5) is 12.7. The number of carbonyl (C=O) groups is 1. The fourth-order valence-electron chi connectivity index (χ4n) is 1.16. The summed E-state index contributed by atoms with van der Waals surface area (Å²) in [6, 6.07) is 0. The van der Waals surface area contributed by atoms with Crippen LogP contribution in [0.1, 0.15) is 13.3 Å². The lowest BCUT2D eigenvalue weighted by molar-refractivity contribution is -0.128. The molecule has 4 heteroatoms. The molecular formula is C7H15ClN2O. The molecule has 0 aromatic heterocycles. The summed E-state index contributed by atoms with van der Waals surface area (Å²) in [7, 11) is 0. The van der Waals surface area contributed by atoms with E-state index in [0.29, 0.717) is 0 Å². The maximum atomic E-state index is 10.8. The fourth-order valence-corrected chi connectivity index (χ4v) is 1.16. The molecule has 66 valence electrons. The van der Waals surface area contributed by atoms with Crippen LogP contribution in [0, 0.1) is 0 Å². The van der Waals surface area contributed by atoms with E-state index in [0.717, 1.165) is 32.6 Å². The Labute approximate surface area is 73.5 Å². The Hall–Kier alpha value is -0.280. The molecule has 1 aliphatic heterocycles. The first-order valence-electron chi connectivity index (χ1n) is 3.77. The van der Waals surface area contributed by atoms with E-state index in [-0.39, 0.29) is 18.3 Å². The van der Waals surface area contributed by atoms with Gasteiger partial charge in [-0.15, -0.1) is 12.4 Å². The Morgan fingerprint density at radius 2 is 2.09 bits per heavy atom. The molecule has 0 bridgehead atoms. The second-order valence-electron chi connectivity index (χ2n) is 2.61. The van der Waals surface area contributed by atoms with Gasteiger partial charge in [0, 0.05) is 26.6 Å². The zero-order valence-corrected chi connectivity index (χ0v) is 7.62. The molecule has 1 saturated heterocycles. The third kappa shape index (κ3) is 3.58. The molecule has 1 rings (SSSR count). The van der Waals surface area contributed by atoms with E-state index in [1.165, 1.54) is 0 Å². The van der Waals surface area contributed by atoms with Gasteiger partial charge in [-0.25, -0.2) is 0 Å². The van der Waals surface area contributed by atoms with Gasteiger partial charge in [0.1, 0.15) is 0 Å². The van der Waals surface area contributed by atoms with Gasteiger partial charge in [0.15, 0.2) is 0 Å². The van der Waals surface area contributed by atoms with Crippen molar-refractivity contribution >= 4 is 18.3 Å². The SMILES string of the molecule is CC(=O)N1CCCNCC1.Cl. The van der Waals surface area contributed by atoms with Crippen LogP contribution in [0.25, 0.3) is 0 Å². The highest BCUT2D eigenvalue weighted by molar-refractivity contribution is 5.85.